The number of hydrogen-bond donors (Lipinski definition) is 0. The van der Waals surface area contributed by atoms with E-state index < -0.39 is 10.9 Å². The van der Waals surface area contributed by atoms with Crippen LogP contribution in [0.5, 0.6) is 0 Å². The van der Waals surface area contributed by atoms with Crippen molar-refractivity contribution in [3.05, 3.63) is 51.1 Å². The average molecular weight is 290 g/mol. The third kappa shape index (κ3) is 2.88. The topological polar surface area (TPSA) is 100 Å². The largest absolute Gasteiger partial charge is 0.464 e. The van der Waals surface area contributed by atoms with E-state index in [0.717, 1.165) is 0 Å². The van der Waals surface area contributed by atoms with Gasteiger partial charge in [-0.2, -0.15) is 5.10 Å². The van der Waals surface area contributed by atoms with Crippen molar-refractivity contribution in [2.24, 2.45) is 0 Å². The fourth-order valence-electron chi connectivity index (χ4n) is 2.04. The number of nitro groups is 1. The fraction of sp³-hybridized carbons (Fsp3) is 0.308. The number of aromatic nitrogens is 3. The lowest BCUT2D eigenvalue weighted by Gasteiger charge is -2.05. The Hall–Kier alpha value is -2.77. The summed E-state index contributed by atoms with van der Waals surface area (Å²) < 4.78 is 6.10. The number of carbonyl (C=O) groups is 1. The maximum atomic E-state index is 11.4. The molecule has 2 aromatic rings. The zero-order valence-corrected chi connectivity index (χ0v) is 11.9. The van der Waals surface area contributed by atoms with Gasteiger partial charge in [-0.1, -0.05) is 6.07 Å². The lowest BCUT2D eigenvalue weighted by molar-refractivity contribution is -0.386. The Morgan fingerprint density at radius 3 is 2.71 bits per heavy atom. The monoisotopic (exact) mass is 290 g/mol. The van der Waals surface area contributed by atoms with E-state index in [-0.39, 0.29) is 17.9 Å². The van der Waals surface area contributed by atoms with E-state index in [1.807, 2.05) is 0 Å². The maximum Gasteiger partial charge on any atom is 0.356 e. The quantitative estimate of drug-likeness (QED) is 0.482. The van der Waals surface area contributed by atoms with E-state index in [2.05, 4.69) is 14.8 Å². The molecule has 21 heavy (non-hydrogen) atoms. The van der Waals surface area contributed by atoms with Crippen LogP contribution in [0, 0.1) is 24.0 Å². The normalized spacial score (nSPS) is 10.4. The Morgan fingerprint density at radius 2 is 2.14 bits per heavy atom. The second kappa shape index (κ2) is 5.70. The summed E-state index contributed by atoms with van der Waals surface area (Å²) >= 11 is 0. The van der Waals surface area contributed by atoms with Crippen LogP contribution in [0.3, 0.4) is 0 Å². The van der Waals surface area contributed by atoms with E-state index in [0.29, 0.717) is 17.1 Å². The minimum atomic E-state index is -0.531. The number of ether oxygens (including phenoxy) is 1. The van der Waals surface area contributed by atoms with Gasteiger partial charge in [-0.25, -0.2) is 9.78 Å². The smallest absolute Gasteiger partial charge is 0.356 e. The lowest BCUT2D eigenvalue weighted by atomic mass is 10.3. The number of hydrogen-bond acceptors (Lipinski definition) is 6. The van der Waals surface area contributed by atoms with E-state index in [4.69, 9.17) is 0 Å². The van der Waals surface area contributed by atoms with Gasteiger partial charge in [0, 0.05) is 0 Å². The van der Waals surface area contributed by atoms with Gasteiger partial charge in [0.25, 0.3) is 0 Å². The SMILES string of the molecule is COC(=O)c1cccc(Cn2nc(C)c([N+](=O)[O-])c2C)n1. The highest BCUT2D eigenvalue weighted by atomic mass is 16.6. The molecule has 0 unspecified atom stereocenters. The van der Waals surface area contributed by atoms with Gasteiger partial charge in [0.15, 0.2) is 0 Å². The molecule has 0 aliphatic rings. The van der Waals surface area contributed by atoms with Crippen molar-refractivity contribution in [1.29, 1.82) is 0 Å². The first-order valence-electron chi connectivity index (χ1n) is 6.16. The third-order valence-corrected chi connectivity index (χ3v) is 3.04. The Kier molecular flexibility index (Phi) is 3.97. The van der Waals surface area contributed by atoms with Crippen LogP contribution in [0.1, 0.15) is 27.6 Å². The summed E-state index contributed by atoms with van der Waals surface area (Å²) in [7, 11) is 1.28. The number of esters is 1. The van der Waals surface area contributed by atoms with Crippen molar-refractivity contribution in [3.8, 4) is 0 Å². The molecule has 0 saturated heterocycles. The highest BCUT2D eigenvalue weighted by molar-refractivity contribution is 5.87. The van der Waals surface area contributed by atoms with E-state index in [1.165, 1.54) is 11.8 Å². The lowest BCUT2D eigenvalue weighted by Crippen LogP contribution is -2.10. The number of nitrogens with zero attached hydrogens (tertiary/aromatic N) is 4. The molecule has 2 heterocycles. The summed E-state index contributed by atoms with van der Waals surface area (Å²) in [4.78, 5) is 26.1. The van der Waals surface area contributed by atoms with Gasteiger partial charge >= 0.3 is 11.7 Å². The molecule has 0 fully saturated rings. The molecule has 0 bridgehead atoms. The molecule has 0 amide bonds. The minimum Gasteiger partial charge on any atom is -0.464 e. The molecule has 2 rings (SSSR count). The molecular formula is C13H14N4O4. The third-order valence-electron chi connectivity index (χ3n) is 3.04. The molecule has 110 valence electrons. The number of pyridine rings is 1. The first-order valence-corrected chi connectivity index (χ1v) is 6.16. The zero-order chi connectivity index (χ0) is 15.6. The molecule has 0 N–H and O–H groups in total. The molecule has 0 saturated carbocycles. The van der Waals surface area contributed by atoms with Crippen LogP contribution in [0.15, 0.2) is 18.2 Å². The fourth-order valence-corrected chi connectivity index (χ4v) is 2.04. The summed E-state index contributed by atoms with van der Waals surface area (Å²) in [6.07, 6.45) is 0. The van der Waals surface area contributed by atoms with Gasteiger partial charge in [-0.3, -0.25) is 14.8 Å². The predicted molar refractivity (Wildman–Crippen MR) is 73.0 cm³/mol. The second-order valence-corrected chi connectivity index (χ2v) is 4.44. The average Bonchev–Trinajstić information content (AvgIpc) is 2.72. The molecule has 0 aromatic carbocycles. The molecule has 8 heteroatoms. The Morgan fingerprint density at radius 1 is 1.43 bits per heavy atom. The first kappa shape index (κ1) is 14.6. The van der Waals surface area contributed by atoms with E-state index >= 15 is 0 Å². The van der Waals surface area contributed by atoms with Crippen LogP contribution in [0.25, 0.3) is 0 Å². The van der Waals surface area contributed by atoms with Gasteiger partial charge in [0.05, 0.1) is 24.3 Å². The maximum absolute atomic E-state index is 11.4. The molecule has 0 radical (unpaired) electrons. The Balaban J connectivity index is 2.33. The number of aryl methyl sites for hydroxylation is 1. The van der Waals surface area contributed by atoms with Crippen LogP contribution in [-0.4, -0.2) is 32.8 Å². The zero-order valence-electron chi connectivity index (χ0n) is 11.9. The summed E-state index contributed by atoms with van der Waals surface area (Å²) in [6.45, 7) is 3.45. The Labute approximate surface area is 120 Å². The molecule has 8 nitrogen and oxygen atoms in total. The molecule has 0 aliphatic carbocycles. The van der Waals surface area contributed by atoms with Crippen LogP contribution < -0.4 is 0 Å². The molecule has 0 spiro atoms. The van der Waals surface area contributed by atoms with Crippen molar-refractivity contribution in [2.45, 2.75) is 20.4 Å². The minimum absolute atomic E-state index is 0.000812. The standard InChI is InChI=1S/C13H14N4O4/c1-8-12(17(19)20)9(2)16(15-8)7-10-5-4-6-11(14-10)13(18)21-3/h4-6H,7H2,1-3H3. The van der Waals surface area contributed by atoms with Crippen LogP contribution in [0.4, 0.5) is 5.69 Å². The van der Waals surface area contributed by atoms with Crippen molar-refractivity contribution in [1.82, 2.24) is 14.8 Å². The van der Waals surface area contributed by atoms with Crippen LogP contribution in [0.2, 0.25) is 0 Å². The van der Waals surface area contributed by atoms with Crippen molar-refractivity contribution >= 4 is 11.7 Å². The van der Waals surface area contributed by atoms with Crippen LogP contribution >= 0.6 is 0 Å². The van der Waals surface area contributed by atoms with Gasteiger partial charge < -0.3 is 4.74 Å². The van der Waals surface area contributed by atoms with E-state index in [9.17, 15) is 14.9 Å². The molecule has 0 aliphatic heterocycles. The van der Waals surface area contributed by atoms with Crippen LogP contribution in [-0.2, 0) is 11.3 Å². The summed E-state index contributed by atoms with van der Waals surface area (Å²) in [5.74, 6) is -0.531. The highest BCUT2D eigenvalue weighted by Gasteiger charge is 2.22. The van der Waals surface area contributed by atoms with Crippen molar-refractivity contribution in [2.75, 3.05) is 7.11 Å². The predicted octanol–water partition coefficient (Wildman–Crippen LogP) is 1.64. The molecule has 2 aromatic heterocycles. The van der Waals surface area contributed by atoms with E-state index in [1.54, 1.807) is 32.0 Å². The number of rotatable bonds is 4. The van der Waals surface area contributed by atoms with Gasteiger partial charge in [0.2, 0.25) is 0 Å². The van der Waals surface area contributed by atoms with Gasteiger partial charge in [0.1, 0.15) is 17.1 Å². The second-order valence-electron chi connectivity index (χ2n) is 4.44. The van der Waals surface area contributed by atoms with Gasteiger partial charge in [-0.15, -0.1) is 0 Å². The summed E-state index contributed by atoms with van der Waals surface area (Å²) in [5, 5.41) is 15.1. The summed E-state index contributed by atoms with van der Waals surface area (Å²) in [6, 6.07) is 4.93. The van der Waals surface area contributed by atoms with Crippen molar-refractivity contribution in [3.63, 3.8) is 0 Å². The number of carbonyl (C=O) groups excluding carboxylic acids is 1. The highest BCUT2D eigenvalue weighted by Crippen LogP contribution is 2.22. The Bertz CT molecular complexity index is 708. The van der Waals surface area contributed by atoms with Crippen molar-refractivity contribution < 1.29 is 14.5 Å². The molecular weight excluding hydrogens is 276 g/mol. The summed E-state index contributed by atoms with van der Waals surface area (Å²) in [5.41, 5.74) is 1.55. The van der Waals surface area contributed by atoms with Gasteiger partial charge in [-0.05, 0) is 26.0 Å². The first-order chi connectivity index (χ1) is 9.93. The number of methoxy groups -OCH3 is 1. The molecule has 0 atom stereocenters.